The summed E-state index contributed by atoms with van der Waals surface area (Å²) in [6, 6.07) is 1.84. The van der Waals surface area contributed by atoms with E-state index in [0.29, 0.717) is 34.8 Å². The summed E-state index contributed by atoms with van der Waals surface area (Å²) in [6.45, 7) is 8.34. The summed E-state index contributed by atoms with van der Waals surface area (Å²) >= 11 is 0. The van der Waals surface area contributed by atoms with Gasteiger partial charge in [-0.05, 0) is 44.6 Å². The predicted molar refractivity (Wildman–Crippen MR) is 95.5 cm³/mol. The van der Waals surface area contributed by atoms with E-state index in [0.717, 1.165) is 18.5 Å². The van der Waals surface area contributed by atoms with Crippen LogP contribution in [0.1, 0.15) is 61.3 Å². The van der Waals surface area contributed by atoms with Crippen molar-refractivity contribution in [3.63, 3.8) is 0 Å². The maximum atomic E-state index is 12.9. The van der Waals surface area contributed by atoms with Crippen LogP contribution >= 0.6 is 12.4 Å². The van der Waals surface area contributed by atoms with Gasteiger partial charge < -0.3 is 15.6 Å². The van der Waals surface area contributed by atoms with Gasteiger partial charge in [0.2, 0.25) is 0 Å². The van der Waals surface area contributed by atoms with Crippen molar-refractivity contribution in [1.82, 2.24) is 15.5 Å². The van der Waals surface area contributed by atoms with Crippen molar-refractivity contribution >= 4 is 29.4 Å². The summed E-state index contributed by atoms with van der Waals surface area (Å²) in [7, 11) is 0. The van der Waals surface area contributed by atoms with E-state index in [-0.39, 0.29) is 29.8 Å². The third-order valence-electron chi connectivity index (χ3n) is 4.77. The molecule has 1 fully saturated rings. The first-order valence-corrected chi connectivity index (χ1v) is 8.15. The Hall–Kier alpha value is -1.66. The highest BCUT2D eigenvalue weighted by Crippen LogP contribution is 2.39. The smallest absolute Gasteiger partial charge is 0.259 e. The van der Waals surface area contributed by atoms with Crippen LogP contribution in [0.15, 0.2) is 10.6 Å². The number of carbonyl (C=O) groups excluding carboxylic acids is 1. The molecule has 132 valence electrons. The molecule has 3 N–H and O–H groups in total. The molecule has 0 aromatic carbocycles. The number of hydrogen-bond acceptors (Lipinski definition) is 5. The van der Waals surface area contributed by atoms with Crippen LogP contribution in [-0.4, -0.2) is 28.1 Å². The third kappa shape index (κ3) is 3.26. The van der Waals surface area contributed by atoms with Crippen molar-refractivity contribution in [1.29, 1.82) is 0 Å². The van der Waals surface area contributed by atoms with Gasteiger partial charge in [0.05, 0.1) is 22.2 Å². The summed E-state index contributed by atoms with van der Waals surface area (Å²) in [5.41, 5.74) is 8.03. The van der Waals surface area contributed by atoms with Crippen LogP contribution in [-0.2, 0) is 0 Å². The van der Waals surface area contributed by atoms with Crippen LogP contribution in [0.3, 0.4) is 0 Å². The first-order chi connectivity index (χ1) is 10.9. The Morgan fingerprint density at radius 1 is 1.50 bits per heavy atom. The van der Waals surface area contributed by atoms with E-state index < -0.39 is 0 Å². The molecule has 7 heteroatoms. The fourth-order valence-electron chi connectivity index (χ4n) is 2.96. The maximum Gasteiger partial charge on any atom is 0.259 e. The van der Waals surface area contributed by atoms with Gasteiger partial charge in [-0.3, -0.25) is 4.79 Å². The number of carbonyl (C=O) groups is 1. The van der Waals surface area contributed by atoms with Gasteiger partial charge in [0, 0.05) is 12.2 Å². The number of amides is 1. The van der Waals surface area contributed by atoms with E-state index in [1.807, 2.05) is 33.8 Å². The topological polar surface area (TPSA) is 94.0 Å². The molecular weight excluding hydrogens is 328 g/mol. The SMILES string of the molecule is Cc1noc2nc(C(C)C)cc(C(=O)NC(C)(CN)C3CC3)c12.Cl. The van der Waals surface area contributed by atoms with Gasteiger partial charge in [-0.2, -0.15) is 0 Å². The van der Waals surface area contributed by atoms with E-state index in [9.17, 15) is 4.79 Å². The van der Waals surface area contributed by atoms with Gasteiger partial charge in [-0.1, -0.05) is 19.0 Å². The first kappa shape index (κ1) is 18.7. The largest absolute Gasteiger partial charge is 0.345 e. The Bertz CT molecular complexity index is 754. The number of aromatic nitrogens is 2. The van der Waals surface area contributed by atoms with E-state index in [4.69, 9.17) is 10.3 Å². The van der Waals surface area contributed by atoms with Crippen LogP contribution in [0.25, 0.3) is 11.1 Å². The number of aryl methyl sites for hydroxylation is 1. The summed E-state index contributed by atoms with van der Waals surface area (Å²) in [5.74, 6) is 0.521. The van der Waals surface area contributed by atoms with E-state index in [1.54, 1.807) is 0 Å². The van der Waals surface area contributed by atoms with Crippen LogP contribution in [0.2, 0.25) is 0 Å². The minimum Gasteiger partial charge on any atom is -0.345 e. The monoisotopic (exact) mass is 352 g/mol. The highest BCUT2D eigenvalue weighted by Gasteiger charge is 2.42. The second-order valence-electron chi connectivity index (χ2n) is 7.05. The van der Waals surface area contributed by atoms with Crippen molar-refractivity contribution < 1.29 is 9.32 Å². The normalized spacial score (nSPS) is 16.8. The lowest BCUT2D eigenvalue weighted by molar-refractivity contribution is 0.0899. The van der Waals surface area contributed by atoms with Crippen molar-refractivity contribution in [2.75, 3.05) is 6.54 Å². The maximum absolute atomic E-state index is 12.9. The minimum absolute atomic E-state index is 0. The lowest BCUT2D eigenvalue weighted by Crippen LogP contribution is -2.53. The third-order valence-corrected chi connectivity index (χ3v) is 4.77. The fourth-order valence-corrected chi connectivity index (χ4v) is 2.96. The standard InChI is InChI=1S/C17H24N4O2.ClH/c1-9(2)13-7-12(14-10(3)21-23-16(14)19-13)15(22)20-17(4,8-18)11-5-6-11;/h7,9,11H,5-6,8,18H2,1-4H3,(H,20,22);1H. The van der Waals surface area contributed by atoms with Gasteiger partial charge in [0.15, 0.2) is 0 Å². The van der Waals surface area contributed by atoms with Gasteiger partial charge in [-0.15, -0.1) is 12.4 Å². The van der Waals surface area contributed by atoms with Crippen LogP contribution in [0, 0.1) is 12.8 Å². The van der Waals surface area contributed by atoms with E-state index >= 15 is 0 Å². The number of hydrogen-bond donors (Lipinski definition) is 2. The van der Waals surface area contributed by atoms with E-state index in [1.165, 1.54) is 0 Å². The van der Waals surface area contributed by atoms with E-state index in [2.05, 4.69) is 15.5 Å². The van der Waals surface area contributed by atoms with Crippen LogP contribution in [0.4, 0.5) is 0 Å². The fraction of sp³-hybridized carbons (Fsp3) is 0.588. The molecular formula is C17H25ClN4O2. The summed E-state index contributed by atoms with van der Waals surface area (Å²) in [6.07, 6.45) is 2.23. The number of nitrogens with two attached hydrogens (primary N) is 1. The van der Waals surface area contributed by atoms with Gasteiger partial charge in [0.25, 0.3) is 11.6 Å². The molecule has 2 aromatic heterocycles. The molecule has 0 saturated heterocycles. The molecule has 0 spiro atoms. The Balaban J connectivity index is 0.00000208. The molecule has 0 aliphatic heterocycles. The molecule has 1 amide bonds. The molecule has 1 aliphatic rings. The minimum atomic E-state index is -0.365. The Morgan fingerprint density at radius 3 is 2.71 bits per heavy atom. The number of fused-ring (bicyclic) bond motifs is 1. The highest BCUT2D eigenvalue weighted by molar-refractivity contribution is 6.06. The molecule has 0 bridgehead atoms. The zero-order valence-corrected chi connectivity index (χ0v) is 15.4. The molecule has 24 heavy (non-hydrogen) atoms. The second kappa shape index (κ2) is 6.69. The molecule has 1 saturated carbocycles. The van der Waals surface area contributed by atoms with Crippen molar-refractivity contribution in [3.8, 4) is 0 Å². The predicted octanol–water partition coefficient (Wildman–Crippen LogP) is 2.93. The summed E-state index contributed by atoms with van der Waals surface area (Å²) in [4.78, 5) is 17.4. The number of pyridine rings is 1. The number of halogens is 1. The zero-order chi connectivity index (χ0) is 16.8. The molecule has 6 nitrogen and oxygen atoms in total. The quantitative estimate of drug-likeness (QED) is 0.862. The summed E-state index contributed by atoms with van der Waals surface area (Å²) in [5, 5.41) is 7.78. The van der Waals surface area contributed by atoms with Crippen LogP contribution in [0.5, 0.6) is 0 Å². The molecule has 2 heterocycles. The average Bonchev–Trinajstić information content (AvgIpc) is 3.31. The lowest BCUT2D eigenvalue weighted by Gasteiger charge is -2.29. The highest BCUT2D eigenvalue weighted by atomic mass is 35.5. The molecule has 3 rings (SSSR count). The summed E-state index contributed by atoms with van der Waals surface area (Å²) < 4.78 is 5.28. The molecule has 1 aliphatic carbocycles. The lowest BCUT2D eigenvalue weighted by atomic mass is 9.94. The molecule has 1 unspecified atom stereocenters. The Kier molecular flexibility index (Phi) is 5.20. The van der Waals surface area contributed by atoms with Gasteiger partial charge in [-0.25, -0.2) is 4.98 Å². The number of nitrogens with zero attached hydrogens (tertiary/aromatic N) is 2. The Labute approximate surface area is 148 Å². The second-order valence-corrected chi connectivity index (χ2v) is 7.05. The molecule has 0 radical (unpaired) electrons. The Morgan fingerprint density at radius 2 is 2.17 bits per heavy atom. The van der Waals surface area contributed by atoms with Gasteiger partial charge in [0.1, 0.15) is 0 Å². The number of nitrogens with one attached hydrogen (secondary N) is 1. The average molecular weight is 353 g/mol. The van der Waals surface area contributed by atoms with Gasteiger partial charge >= 0.3 is 0 Å². The molecule has 2 aromatic rings. The van der Waals surface area contributed by atoms with Crippen molar-refractivity contribution in [2.24, 2.45) is 11.7 Å². The molecule has 1 atom stereocenters. The van der Waals surface area contributed by atoms with Crippen LogP contribution < -0.4 is 11.1 Å². The zero-order valence-electron chi connectivity index (χ0n) is 14.5. The first-order valence-electron chi connectivity index (χ1n) is 8.15. The van der Waals surface area contributed by atoms with Crippen molar-refractivity contribution in [2.45, 2.75) is 52.0 Å². The number of rotatable bonds is 5. The van der Waals surface area contributed by atoms with Crippen molar-refractivity contribution in [3.05, 3.63) is 23.0 Å².